The molecule has 0 amide bonds. The molecule has 0 bridgehead atoms. The minimum atomic E-state index is 0.762. The molecule has 0 saturated heterocycles. The lowest BCUT2D eigenvalue weighted by Gasteiger charge is -2.08. The van der Waals surface area contributed by atoms with Crippen molar-refractivity contribution in [3.05, 3.63) is 67.6 Å². The minimum absolute atomic E-state index is 0.762. The summed E-state index contributed by atoms with van der Waals surface area (Å²) in [6, 6.07) is 14.1. The van der Waals surface area contributed by atoms with Crippen molar-refractivity contribution in [2.24, 2.45) is 0 Å². The van der Waals surface area contributed by atoms with Crippen LogP contribution in [0.2, 0.25) is 5.02 Å². The molecule has 1 N–H and O–H groups in total. The average molecular weight is 390 g/mol. The Bertz CT molecular complexity index is 543. The Labute approximate surface area is 129 Å². The molecular weight excluding hydrogens is 377 g/mol. The van der Waals surface area contributed by atoms with Gasteiger partial charge >= 0.3 is 0 Å². The van der Waals surface area contributed by atoms with Crippen LogP contribution in [0.3, 0.4) is 0 Å². The molecule has 0 aliphatic rings. The smallest absolute Gasteiger partial charge is 0.0410 e. The zero-order chi connectivity index (χ0) is 13.0. The van der Waals surface area contributed by atoms with Crippen molar-refractivity contribution in [1.82, 2.24) is 5.32 Å². The second-order valence-corrected chi connectivity index (χ2v) is 6.18. The molecule has 0 atom stereocenters. The first-order valence-electron chi connectivity index (χ1n) is 5.54. The van der Waals surface area contributed by atoms with Crippen molar-refractivity contribution >= 4 is 43.5 Å². The van der Waals surface area contributed by atoms with Crippen LogP contribution in [0.25, 0.3) is 0 Å². The van der Waals surface area contributed by atoms with E-state index in [2.05, 4.69) is 49.3 Å². The second-order valence-electron chi connectivity index (χ2n) is 3.97. The molecule has 0 aliphatic carbocycles. The Morgan fingerprint density at radius 3 is 2.61 bits per heavy atom. The predicted octanol–water partition coefficient (Wildman–Crippen LogP) is 5.15. The fourth-order valence-electron chi connectivity index (χ4n) is 1.67. The van der Waals surface area contributed by atoms with E-state index in [9.17, 15) is 0 Å². The fraction of sp³-hybridized carbons (Fsp3) is 0.143. The number of benzene rings is 2. The molecule has 4 heteroatoms. The number of halogens is 3. The first-order valence-corrected chi connectivity index (χ1v) is 7.50. The maximum Gasteiger partial charge on any atom is 0.0410 e. The molecule has 2 rings (SSSR count). The summed E-state index contributed by atoms with van der Waals surface area (Å²) in [7, 11) is 0. The molecule has 0 aliphatic heterocycles. The van der Waals surface area contributed by atoms with Gasteiger partial charge in [0.1, 0.15) is 0 Å². The Hall–Kier alpha value is -0.350. The molecule has 0 fully saturated rings. The molecule has 0 radical (unpaired) electrons. The molecule has 2 aromatic carbocycles. The maximum atomic E-state index is 5.98. The molecule has 0 unspecified atom stereocenters. The molecule has 0 spiro atoms. The number of rotatable bonds is 4. The van der Waals surface area contributed by atoms with Crippen molar-refractivity contribution in [3.8, 4) is 0 Å². The van der Waals surface area contributed by atoms with Crippen molar-refractivity contribution in [2.75, 3.05) is 0 Å². The van der Waals surface area contributed by atoms with E-state index < -0.39 is 0 Å². The summed E-state index contributed by atoms with van der Waals surface area (Å²) in [5.74, 6) is 0. The van der Waals surface area contributed by atoms with Crippen molar-refractivity contribution in [3.63, 3.8) is 0 Å². The molecule has 0 heterocycles. The quantitative estimate of drug-likeness (QED) is 0.762. The molecule has 94 valence electrons. The molecule has 0 aromatic heterocycles. The van der Waals surface area contributed by atoms with Gasteiger partial charge in [-0.2, -0.15) is 0 Å². The highest BCUT2D eigenvalue weighted by molar-refractivity contribution is 9.10. The first kappa shape index (κ1) is 14.1. The van der Waals surface area contributed by atoms with E-state index in [1.165, 1.54) is 5.56 Å². The minimum Gasteiger partial charge on any atom is -0.309 e. The van der Waals surface area contributed by atoms with Gasteiger partial charge < -0.3 is 5.32 Å². The summed E-state index contributed by atoms with van der Waals surface area (Å²) < 4.78 is 2.18. The van der Waals surface area contributed by atoms with E-state index in [-0.39, 0.29) is 0 Å². The Morgan fingerprint density at radius 2 is 1.83 bits per heavy atom. The van der Waals surface area contributed by atoms with E-state index in [1.54, 1.807) is 0 Å². The topological polar surface area (TPSA) is 12.0 Å². The van der Waals surface area contributed by atoms with E-state index in [0.717, 1.165) is 32.6 Å². The van der Waals surface area contributed by atoms with Gasteiger partial charge in [0.2, 0.25) is 0 Å². The molecule has 0 saturated carbocycles. The van der Waals surface area contributed by atoms with Crippen LogP contribution in [0, 0.1) is 0 Å². The van der Waals surface area contributed by atoms with Gasteiger partial charge in [0.15, 0.2) is 0 Å². The Kier molecular flexibility index (Phi) is 5.25. The highest BCUT2D eigenvalue weighted by Crippen LogP contribution is 2.21. The van der Waals surface area contributed by atoms with Crippen molar-refractivity contribution in [1.29, 1.82) is 0 Å². The molecule has 2 aromatic rings. The highest BCUT2D eigenvalue weighted by atomic mass is 79.9. The third kappa shape index (κ3) is 4.09. The van der Waals surface area contributed by atoms with Crippen LogP contribution in [0.5, 0.6) is 0 Å². The highest BCUT2D eigenvalue weighted by Gasteiger charge is 2.01. The lowest BCUT2D eigenvalue weighted by Crippen LogP contribution is -2.13. The van der Waals surface area contributed by atoms with Crippen molar-refractivity contribution in [2.45, 2.75) is 13.1 Å². The van der Waals surface area contributed by atoms with Gasteiger partial charge in [-0.05, 0) is 41.5 Å². The SMILES string of the molecule is Clc1ccc(Br)c(CNCc2cccc(Br)c2)c1. The van der Waals surface area contributed by atoms with Crippen molar-refractivity contribution < 1.29 is 0 Å². The van der Waals surface area contributed by atoms with E-state index in [4.69, 9.17) is 11.6 Å². The number of hydrogen-bond donors (Lipinski definition) is 1. The predicted molar refractivity (Wildman–Crippen MR) is 83.8 cm³/mol. The third-order valence-electron chi connectivity index (χ3n) is 2.54. The zero-order valence-electron chi connectivity index (χ0n) is 9.59. The van der Waals surface area contributed by atoms with Gasteiger partial charge in [0.25, 0.3) is 0 Å². The van der Waals surface area contributed by atoms with Gasteiger partial charge in [0.05, 0.1) is 0 Å². The standard InChI is InChI=1S/C14H12Br2ClN/c15-12-3-1-2-10(6-12)8-18-9-11-7-13(17)4-5-14(11)16/h1-7,18H,8-9H2. The average Bonchev–Trinajstić information content (AvgIpc) is 2.34. The third-order valence-corrected chi connectivity index (χ3v) is 4.04. The van der Waals surface area contributed by atoms with E-state index >= 15 is 0 Å². The van der Waals surface area contributed by atoms with E-state index in [0.29, 0.717) is 0 Å². The normalized spacial score (nSPS) is 10.6. The van der Waals surface area contributed by atoms with Crippen LogP contribution in [0.15, 0.2) is 51.4 Å². The summed E-state index contributed by atoms with van der Waals surface area (Å²) in [6.45, 7) is 1.62. The van der Waals surface area contributed by atoms with Gasteiger partial charge in [-0.1, -0.05) is 55.6 Å². The summed E-state index contributed by atoms with van der Waals surface area (Å²) in [4.78, 5) is 0. The number of nitrogens with one attached hydrogen (secondary N) is 1. The molecular formula is C14H12Br2ClN. The van der Waals surface area contributed by atoms with Crippen LogP contribution in [-0.2, 0) is 13.1 Å². The van der Waals surface area contributed by atoms with Gasteiger partial charge in [-0.15, -0.1) is 0 Å². The van der Waals surface area contributed by atoms with Gasteiger partial charge in [0, 0.05) is 27.1 Å². The summed E-state index contributed by atoms with van der Waals surface area (Å²) in [5, 5.41) is 4.17. The number of hydrogen-bond acceptors (Lipinski definition) is 1. The van der Waals surface area contributed by atoms with E-state index in [1.807, 2.05) is 30.3 Å². The maximum absolute atomic E-state index is 5.98. The van der Waals surface area contributed by atoms with Crippen LogP contribution >= 0.6 is 43.5 Å². The Morgan fingerprint density at radius 1 is 1.00 bits per heavy atom. The monoisotopic (exact) mass is 387 g/mol. The van der Waals surface area contributed by atoms with Crippen LogP contribution in [-0.4, -0.2) is 0 Å². The second kappa shape index (κ2) is 6.71. The largest absolute Gasteiger partial charge is 0.309 e. The molecule has 1 nitrogen and oxygen atoms in total. The van der Waals surface area contributed by atoms with Crippen LogP contribution < -0.4 is 5.32 Å². The lowest BCUT2D eigenvalue weighted by molar-refractivity contribution is 0.691. The van der Waals surface area contributed by atoms with Gasteiger partial charge in [-0.25, -0.2) is 0 Å². The summed E-state index contributed by atoms with van der Waals surface area (Å²) in [6.07, 6.45) is 0. The lowest BCUT2D eigenvalue weighted by atomic mass is 10.2. The Balaban J connectivity index is 1.94. The van der Waals surface area contributed by atoms with Gasteiger partial charge in [-0.3, -0.25) is 0 Å². The van der Waals surface area contributed by atoms with Crippen LogP contribution in [0.4, 0.5) is 0 Å². The summed E-state index contributed by atoms with van der Waals surface area (Å²) in [5.41, 5.74) is 2.42. The van der Waals surface area contributed by atoms with Crippen LogP contribution in [0.1, 0.15) is 11.1 Å². The first-order chi connectivity index (χ1) is 8.65. The fourth-order valence-corrected chi connectivity index (χ4v) is 2.70. The zero-order valence-corrected chi connectivity index (χ0v) is 13.5. The molecule has 18 heavy (non-hydrogen) atoms. The summed E-state index contributed by atoms with van der Waals surface area (Å²) >= 11 is 13.0.